The third-order valence-electron chi connectivity index (χ3n) is 3.01. The zero-order valence-corrected chi connectivity index (χ0v) is 12.4. The van der Waals surface area contributed by atoms with Crippen molar-refractivity contribution < 1.29 is 13.5 Å². The molecular formula is C14H23NO3S. The van der Waals surface area contributed by atoms with E-state index in [4.69, 9.17) is 5.11 Å². The Morgan fingerprint density at radius 1 is 1.26 bits per heavy atom. The summed E-state index contributed by atoms with van der Waals surface area (Å²) in [4.78, 5) is 0. The Morgan fingerprint density at radius 2 is 1.95 bits per heavy atom. The van der Waals surface area contributed by atoms with Gasteiger partial charge in [0.2, 0.25) is 10.0 Å². The van der Waals surface area contributed by atoms with Crippen LogP contribution in [0.1, 0.15) is 44.2 Å². The molecule has 0 saturated carbocycles. The molecule has 0 radical (unpaired) electrons. The van der Waals surface area contributed by atoms with Crippen molar-refractivity contribution in [2.75, 3.05) is 0 Å². The Balaban J connectivity index is 2.72. The molecule has 0 saturated heterocycles. The third kappa shape index (κ3) is 5.72. The number of benzene rings is 1. The Labute approximate surface area is 115 Å². The average molecular weight is 285 g/mol. The van der Waals surface area contributed by atoms with E-state index in [1.54, 1.807) is 24.3 Å². The quantitative estimate of drug-likeness (QED) is 0.769. The molecule has 1 aromatic rings. The van der Waals surface area contributed by atoms with Crippen LogP contribution in [-0.2, 0) is 22.4 Å². The van der Waals surface area contributed by atoms with Crippen molar-refractivity contribution in [3.05, 3.63) is 35.4 Å². The van der Waals surface area contributed by atoms with E-state index in [9.17, 15) is 8.42 Å². The lowest BCUT2D eigenvalue weighted by Gasteiger charge is -2.16. The fourth-order valence-corrected chi connectivity index (χ4v) is 3.52. The topological polar surface area (TPSA) is 66.4 Å². The van der Waals surface area contributed by atoms with Crippen molar-refractivity contribution in [3.63, 3.8) is 0 Å². The lowest BCUT2D eigenvalue weighted by atomic mass is 10.1. The SMILES string of the molecule is CCCC(CC)NS(=O)(=O)Cc1cccc(CO)c1. The van der Waals surface area contributed by atoms with Gasteiger partial charge in [0.25, 0.3) is 0 Å². The van der Waals surface area contributed by atoms with Crippen LogP contribution < -0.4 is 4.72 Å². The molecule has 0 heterocycles. The first-order valence-electron chi connectivity index (χ1n) is 6.69. The minimum absolute atomic E-state index is 0.0102. The number of nitrogens with one attached hydrogen (secondary N) is 1. The molecule has 0 aromatic heterocycles. The summed E-state index contributed by atoms with van der Waals surface area (Å²) < 4.78 is 26.9. The average Bonchev–Trinajstić information content (AvgIpc) is 2.37. The van der Waals surface area contributed by atoms with Crippen LogP contribution >= 0.6 is 0 Å². The first kappa shape index (κ1) is 16.1. The lowest BCUT2D eigenvalue weighted by molar-refractivity contribution is 0.282. The van der Waals surface area contributed by atoms with E-state index in [1.807, 2.05) is 13.8 Å². The Kier molecular flexibility index (Phi) is 6.48. The second kappa shape index (κ2) is 7.62. The van der Waals surface area contributed by atoms with Gasteiger partial charge in [0, 0.05) is 6.04 Å². The van der Waals surface area contributed by atoms with E-state index in [1.165, 1.54) is 0 Å². The molecule has 0 aliphatic rings. The largest absolute Gasteiger partial charge is 0.392 e. The predicted molar refractivity (Wildman–Crippen MR) is 77.1 cm³/mol. The molecule has 0 bridgehead atoms. The minimum Gasteiger partial charge on any atom is -0.392 e. The van der Waals surface area contributed by atoms with Crippen molar-refractivity contribution in [2.45, 2.75) is 51.5 Å². The molecule has 1 unspecified atom stereocenters. The molecule has 0 spiro atoms. The highest BCUT2D eigenvalue weighted by Gasteiger charge is 2.16. The van der Waals surface area contributed by atoms with Crippen LogP contribution in [0.25, 0.3) is 0 Å². The van der Waals surface area contributed by atoms with Crippen LogP contribution in [0.2, 0.25) is 0 Å². The number of aliphatic hydroxyl groups excluding tert-OH is 1. The summed E-state index contributed by atoms with van der Waals surface area (Å²) in [6.45, 7) is 3.95. The zero-order chi connectivity index (χ0) is 14.3. The maximum atomic E-state index is 12.1. The van der Waals surface area contributed by atoms with Crippen LogP contribution in [0.5, 0.6) is 0 Å². The molecular weight excluding hydrogens is 262 g/mol. The number of sulfonamides is 1. The third-order valence-corrected chi connectivity index (χ3v) is 4.41. The Hall–Kier alpha value is -0.910. The highest BCUT2D eigenvalue weighted by Crippen LogP contribution is 2.11. The van der Waals surface area contributed by atoms with E-state index < -0.39 is 10.0 Å². The molecule has 19 heavy (non-hydrogen) atoms. The fourth-order valence-electron chi connectivity index (χ4n) is 2.03. The highest BCUT2D eigenvalue weighted by atomic mass is 32.2. The molecule has 1 aromatic carbocycles. The molecule has 0 aliphatic heterocycles. The first-order valence-corrected chi connectivity index (χ1v) is 8.34. The summed E-state index contributed by atoms with van der Waals surface area (Å²) in [6, 6.07) is 7.03. The van der Waals surface area contributed by atoms with Crippen LogP contribution in [0.3, 0.4) is 0 Å². The summed E-state index contributed by atoms with van der Waals surface area (Å²) >= 11 is 0. The number of hydrogen-bond donors (Lipinski definition) is 2. The van der Waals surface area contributed by atoms with Gasteiger partial charge in [0.15, 0.2) is 0 Å². The zero-order valence-electron chi connectivity index (χ0n) is 11.6. The van der Waals surface area contributed by atoms with Crippen LogP contribution in [0.15, 0.2) is 24.3 Å². The standard InChI is InChI=1S/C14H23NO3S/c1-3-6-14(4-2)15-19(17,18)11-13-8-5-7-12(9-13)10-16/h5,7-9,14-16H,3-4,6,10-11H2,1-2H3. The maximum Gasteiger partial charge on any atom is 0.216 e. The van der Waals surface area contributed by atoms with Gasteiger partial charge in [-0.15, -0.1) is 0 Å². The molecule has 0 aliphatic carbocycles. The molecule has 2 N–H and O–H groups in total. The monoisotopic (exact) mass is 285 g/mol. The van der Waals surface area contributed by atoms with Gasteiger partial charge in [0.05, 0.1) is 12.4 Å². The summed E-state index contributed by atoms with van der Waals surface area (Å²) in [5.41, 5.74) is 1.43. The predicted octanol–water partition coefficient (Wildman–Crippen LogP) is 2.18. The number of rotatable bonds is 8. The maximum absolute atomic E-state index is 12.1. The molecule has 4 nitrogen and oxygen atoms in total. The number of aliphatic hydroxyl groups is 1. The second-order valence-electron chi connectivity index (χ2n) is 4.75. The summed E-state index contributed by atoms with van der Waals surface area (Å²) in [5, 5.41) is 9.05. The smallest absolute Gasteiger partial charge is 0.216 e. The molecule has 5 heteroatoms. The van der Waals surface area contributed by atoms with E-state index >= 15 is 0 Å². The summed E-state index contributed by atoms with van der Waals surface area (Å²) in [7, 11) is -3.32. The molecule has 0 amide bonds. The van der Waals surface area contributed by atoms with Gasteiger partial charge in [-0.3, -0.25) is 0 Å². The normalized spacial score (nSPS) is 13.4. The summed E-state index contributed by atoms with van der Waals surface area (Å²) in [5.74, 6) is -0.0406. The lowest BCUT2D eigenvalue weighted by Crippen LogP contribution is -2.35. The molecule has 108 valence electrons. The fraction of sp³-hybridized carbons (Fsp3) is 0.571. The first-order chi connectivity index (χ1) is 9.00. The Morgan fingerprint density at radius 3 is 2.53 bits per heavy atom. The molecule has 1 atom stereocenters. The van der Waals surface area contributed by atoms with E-state index in [-0.39, 0.29) is 18.4 Å². The van der Waals surface area contributed by atoms with Gasteiger partial charge in [0.1, 0.15) is 0 Å². The van der Waals surface area contributed by atoms with Crippen LogP contribution in [0.4, 0.5) is 0 Å². The van der Waals surface area contributed by atoms with Gasteiger partial charge in [-0.2, -0.15) is 0 Å². The van der Waals surface area contributed by atoms with Crippen LogP contribution in [-0.4, -0.2) is 19.6 Å². The molecule has 1 rings (SSSR count). The van der Waals surface area contributed by atoms with Gasteiger partial charge in [-0.05, 0) is 24.0 Å². The minimum atomic E-state index is -3.32. The second-order valence-corrected chi connectivity index (χ2v) is 6.50. The van der Waals surface area contributed by atoms with E-state index in [0.717, 1.165) is 24.8 Å². The number of hydrogen-bond acceptors (Lipinski definition) is 3. The highest BCUT2D eigenvalue weighted by molar-refractivity contribution is 7.88. The van der Waals surface area contributed by atoms with Gasteiger partial charge >= 0.3 is 0 Å². The van der Waals surface area contributed by atoms with Crippen molar-refractivity contribution >= 4 is 10.0 Å². The van der Waals surface area contributed by atoms with Crippen molar-refractivity contribution in [1.29, 1.82) is 0 Å². The van der Waals surface area contributed by atoms with Crippen molar-refractivity contribution in [1.82, 2.24) is 4.72 Å². The van der Waals surface area contributed by atoms with E-state index in [0.29, 0.717) is 5.56 Å². The molecule has 0 fully saturated rings. The van der Waals surface area contributed by atoms with Gasteiger partial charge in [-0.1, -0.05) is 44.5 Å². The Bertz CT molecular complexity index is 485. The van der Waals surface area contributed by atoms with E-state index in [2.05, 4.69) is 4.72 Å². The van der Waals surface area contributed by atoms with Crippen molar-refractivity contribution in [3.8, 4) is 0 Å². The van der Waals surface area contributed by atoms with Gasteiger partial charge in [-0.25, -0.2) is 13.1 Å². The summed E-state index contributed by atoms with van der Waals surface area (Å²) in [6.07, 6.45) is 2.61. The van der Waals surface area contributed by atoms with Gasteiger partial charge < -0.3 is 5.11 Å². The van der Waals surface area contributed by atoms with Crippen molar-refractivity contribution in [2.24, 2.45) is 0 Å². The van der Waals surface area contributed by atoms with Crippen LogP contribution in [0, 0.1) is 0 Å².